The topological polar surface area (TPSA) is 35.5 Å². The van der Waals surface area contributed by atoms with Gasteiger partial charge in [0.05, 0.1) is 4.34 Å². The van der Waals surface area contributed by atoms with Crippen molar-refractivity contribution in [2.45, 2.75) is 31.8 Å². The van der Waals surface area contributed by atoms with Crippen LogP contribution >= 0.6 is 22.9 Å². The molecule has 0 spiro atoms. The lowest BCUT2D eigenvalue weighted by molar-refractivity contribution is -0.156. The normalized spacial score (nSPS) is 18.8. The fourth-order valence-corrected chi connectivity index (χ4v) is 3.33. The summed E-state index contributed by atoms with van der Waals surface area (Å²) in [5.41, 5.74) is -0.649. The smallest absolute Gasteiger partial charge is 0.169 e. The number of Topliss-reactive ketones (excluding diaryl/α,β-unsaturated/α-hetero) is 1. The van der Waals surface area contributed by atoms with Gasteiger partial charge in [0.15, 0.2) is 5.78 Å². The van der Waals surface area contributed by atoms with Crippen molar-refractivity contribution in [3.8, 4) is 0 Å². The zero-order chi connectivity index (χ0) is 13.0. The predicted molar refractivity (Wildman–Crippen MR) is 72.5 cm³/mol. The van der Waals surface area contributed by atoms with Gasteiger partial charge in [-0.2, -0.15) is 0 Å². The van der Waals surface area contributed by atoms with Gasteiger partial charge in [0.25, 0.3) is 0 Å². The zero-order valence-corrected chi connectivity index (χ0v) is 12.0. The summed E-state index contributed by atoms with van der Waals surface area (Å²) in [5.74, 6) is 0.145. The molecule has 0 bridgehead atoms. The zero-order valence-electron chi connectivity index (χ0n) is 10.4. The molecule has 1 fully saturated rings. The van der Waals surface area contributed by atoms with E-state index in [1.807, 2.05) is 19.1 Å². The third kappa shape index (κ3) is 3.12. The number of hydrogen-bond acceptors (Lipinski definition) is 4. The summed E-state index contributed by atoms with van der Waals surface area (Å²) in [5, 5.41) is 0. The second-order valence-electron chi connectivity index (χ2n) is 4.35. The number of hydrogen-bond donors (Lipinski definition) is 0. The van der Waals surface area contributed by atoms with Crippen LogP contribution in [0.15, 0.2) is 12.1 Å². The number of thiophene rings is 1. The Morgan fingerprint density at radius 3 is 2.78 bits per heavy atom. The Hall–Kier alpha value is -0.420. The third-order valence-corrected chi connectivity index (χ3v) is 4.42. The van der Waals surface area contributed by atoms with Crippen LogP contribution in [0.5, 0.6) is 0 Å². The van der Waals surface area contributed by atoms with E-state index >= 15 is 0 Å². The molecule has 1 aromatic rings. The fourth-order valence-electron chi connectivity index (χ4n) is 2.25. The maximum Gasteiger partial charge on any atom is 0.169 e. The Morgan fingerprint density at radius 2 is 2.22 bits per heavy atom. The molecule has 0 amide bonds. The first-order valence-electron chi connectivity index (χ1n) is 6.15. The lowest BCUT2D eigenvalue weighted by Gasteiger charge is -2.35. The molecule has 0 radical (unpaired) electrons. The van der Waals surface area contributed by atoms with E-state index < -0.39 is 5.60 Å². The summed E-state index contributed by atoms with van der Waals surface area (Å²) < 4.78 is 11.8. The standard InChI is InChI=1S/C13H17ClO3S/c1-2-17-13(5-7-16-8-6-13)11(15)9-10-3-4-12(14)18-10/h3-4H,2,5-9H2,1H3. The quantitative estimate of drug-likeness (QED) is 0.835. The van der Waals surface area contributed by atoms with Crippen molar-refractivity contribution < 1.29 is 14.3 Å². The largest absolute Gasteiger partial charge is 0.381 e. The number of halogens is 1. The second kappa shape index (κ2) is 6.15. The first-order chi connectivity index (χ1) is 8.66. The van der Waals surface area contributed by atoms with Gasteiger partial charge in [0.1, 0.15) is 5.60 Å². The maximum atomic E-state index is 12.5. The van der Waals surface area contributed by atoms with Crippen LogP contribution in [0.4, 0.5) is 0 Å². The molecule has 2 heterocycles. The fraction of sp³-hybridized carbons (Fsp3) is 0.615. The van der Waals surface area contributed by atoms with Gasteiger partial charge in [-0.3, -0.25) is 4.79 Å². The van der Waals surface area contributed by atoms with Crippen molar-refractivity contribution in [3.05, 3.63) is 21.3 Å². The van der Waals surface area contributed by atoms with E-state index in [0.717, 1.165) is 9.21 Å². The minimum atomic E-state index is -0.649. The van der Waals surface area contributed by atoms with Crippen molar-refractivity contribution in [2.24, 2.45) is 0 Å². The average Bonchev–Trinajstić information content (AvgIpc) is 2.76. The molecule has 5 heteroatoms. The molecular weight excluding hydrogens is 272 g/mol. The van der Waals surface area contributed by atoms with Crippen LogP contribution in [0.3, 0.4) is 0 Å². The van der Waals surface area contributed by atoms with Gasteiger partial charge in [-0.05, 0) is 19.1 Å². The molecule has 0 aromatic carbocycles. The molecule has 0 aliphatic carbocycles. The summed E-state index contributed by atoms with van der Waals surface area (Å²) >= 11 is 7.34. The molecule has 1 aliphatic heterocycles. The molecule has 1 aliphatic rings. The average molecular weight is 289 g/mol. The monoisotopic (exact) mass is 288 g/mol. The van der Waals surface area contributed by atoms with E-state index in [1.54, 1.807) is 0 Å². The molecule has 1 aromatic heterocycles. The number of carbonyl (C=O) groups is 1. The van der Waals surface area contributed by atoms with Crippen molar-refractivity contribution >= 4 is 28.7 Å². The van der Waals surface area contributed by atoms with E-state index in [0.29, 0.717) is 39.1 Å². The lowest BCUT2D eigenvalue weighted by Crippen LogP contribution is -2.47. The van der Waals surface area contributed by atoms with Crippen LogP contribution in [-0.2, 0) is 20.7 Å². The van der Waals surface area contributed by atoms with Gasteiger partial charge < -0.3 is 9.47 Å². The molecular formula is C13H17ClO3S. The Balaban J connectivity index is 2.08. The molecule has 18 heavy (non-hydrogen) atoms. The molecule has 0 saturated carbocycles. The number of ether oxygens (including phenoxy) is 2. The van der Waals surface area contributed by atoms with Crippen molar-refractivity contribution in [1.82, 2.24) is 0 Å². The lowest BCUT2D eigenvalue weighted by atomic mass is 9.87. The van der Waals surface area contributed by atoms with Gasteiger partial charge in [-0.15, -0.1) is 11.3 Å². The van der Waals surface area contributed by atoms with Gasteiger partial charge in [0.2, 0.25) is 0 Å². The Kier molecular flexibility index (Phi) is 4.78. The van der Waals surface area contributed by atoms with Crippen LogP contribution in [0.1, 0.15) is 24.6 Å². The van der Waals surface area contributed by atoms with Crippen molar-refractivity contribution in [2.75, 3.05) is 19.8 Å². The van der Waals surface area contributed by atoms with E-state index in [1.165, 1.54) is 11.3 Å². The Morgan fingerprint density at radius 1 is 1.50 bits per heavy atom. The SMILES string of the molecule is CCOC1(C(=O)Cc2ccc(Cl)s2)CCOCC1. The Bertz CT molecular complexity index is 405. The summed E-state index contributed by atoms with van der Waals surface area (Å²) in [6.45, 7) is 3.66. The Labute approximate surface area is 116 Å². The van der Waals surface area contributed by atoms with E-state index in [2.05, 4.69) is 0 Å². The van der Waals surface area contributed by atoms with Crippen LogP contribution < -0.4 is 0 Å². The van der Waals surface area contributed by atoms with Gasteiger partial charge in [-0.25, -0.2) is 0 Å². The van der Waals surface area contributed by atoms with E-state index in [-0.39, 0.29) is 5.78 Å². The van der Waals surface area contributed by atoms with Gasteiger partial charge in [-0.1, -0.05) is 11.6 Å². The van der Waals surface area contributed by atoms with Crippen molar-refractivity contribution in [1.29, 1.82) is 0 Å². The molecule has 0 atom stereocenters. The summed E-state index contributed by atoms with van der Waals surface area (Å²) in [6, 6.07) is 3.73. The summed E-state index contributed by atoms with van der Waals surface area (Å²) in [6.07, 6.45) is 1.70. The van der Waals surface area contributed by atoms with E-state index in [4.69, 9.17) is 21.1 Å². The highest BCUT2D eigenvalue weighted by Crippen LogP contribution is 2.30. The predicted octanol–water partition coefficient (Wildman–Crippen LogP) is 3.10. The molecule has 3 nitrogen and oxygen atoms in total. The maximum absolute atomic E-state index is 12.5. The van der Waals surface area contributed by atoms with E-state index in [9.17, 15) is 4.79 Å². The molecule has 100 valence electrons. The first kappa shape index (κ1) is 14.0. The first-order valence-corrected chi connectivity index (χ1v) is 7.35. The highest BCUT2D eigenvalue weighted by atomic mass is 35.5. The van der Waals surface area contributed by atoms with Gasteiger partial charge >= 0.3 is 0 Å². The van der Waals surface area contributed by atoms with Crippen LogP contribution in [-0.4, -0.2) is 31.2 Å². The number of carbonyl (C=O) groups excluding carboxylic acids is 1. The van der Waals surface area contributed by atoms with Crippen LogP contribution in [0.2, 0.25) is 4.34 Å². The highest BCUT2D eigenvalue weighted by molar-refractivity contribution is 7.16. The summed E-state index contributed by atoms with van der Waals surface area (Å²) in [7, 11) is 0. The van der Waals surface area contributed by atoms with Crippen LogP contribution in [0.25, 0.3) is 0 Å². The van der Waals surface area contributed by atoms with Crippen molar-refractivity contribution in [3.63, 3.8) is 0 Å². The third-order valence-electron chi connectivity index (χ3n) is 3.19. The van der Waals surface area contributed by atoms with Crippen LogP contribution in [0, 0.1) is 0 Å². The minimum Gasteiger partial charge on any atom is -0.381 e. The number of rotatable bonds is 5. The molecule has 1 saturated heterocycles. The molecule has 2 rings (SSSR count). The second-order valence-corrected chi connectivity index (χ2v) is 6.15. The highest BCUT2D eigenvalue weighted by Gasteiger charge is 2.40. The number of ketones is 1. The summed E-state index contributed by atoms with van der Waals surface area (Å²) in [4.78, 5) is 13.5. The molecule has 0 N–H and O–H groups in total. The minimum absolute atomic E-state index is 0.145. The van der Waals surface area contributed by atoms with Gasteiger partial charge in [0, 0.05) is 44.0 Å². The molecule has 0 unspecified atom stereocenters.